The summed E-state index contributed by atoms with van der Waals surface area (Å²) in [5.41, 5.74) is 1.10. The van der Waals surface area contributed by atoms with Crippen LogP contribution in [-0.2, 0) is 11.0 Å². The van der Waals surface area contributed by atoms with Gasteiger partial charge in [0.25, 0.3) is 0 Å². The molecule has 0 N–H and O–H groups in total. The summed E-state index contributed by atoms with van der Waals surface area (Å²) in [4.78, 5) is 0. The highest BCUT2D eigenvalue weighted by Gasteiger charge is 1.97. The van der Waals surface area contributed by atoms with Gasteiger partial charge in [0.15, 0.2) is 8.46 Å². The van der Waals surface area contributed by atoms with Gasteiger partial charge in [0.05, 0.1) is 7.11 Å². The molecule has 0 aliphatic heterocycles. The average molecular weight is 194 g/mol. The molecule has 1 rings (SSSR count). The van der Waals surface area contributed by atoms with Crippen LogP contribution in [0.5, 0.6) is 5.75 Å². The number of benzene rings is 1. The highest BCUT2D eigenvalue weighted by molar-refractivity contribution is 7.27. The van der Waals surface area contributed by atoms with E-state index in [0.29, 0.717) is 0 Å². The highest BCUT2D eigenvalue weighted by atomic mass is 31.1. The summed E-state index contributed by atoms with van der Waals surface area (Å²) in [5, 5.41) is 0. The van der Waals surface area contributed by atoms with E-state index in [4.69, 9.17) is 4.74 Å². The lowest BCUT2D eigenvalue weighted by molar-refractivity contribution is 0.410. The summed E-state index contributed by atoms with van der Waals surface area (Å²) >= 11 is 0. The van der Waals surface area contributed by atoms with Crippen LogP contribution in [0.25, 0.3) is 0 Å². The average Bonchev–Trinajstić information content (AvgIpc) is 2.19. The Kier molecular flexibility index (Phi) is 4.20. The molecule has 68 valence electrons. The molecule has 13 heavy (non-hydrogen) atoms. The van der Waals surface area contributed by atoms with E-state index in [2.05, 4.69) is 0 Å². The molecule has 0 saturated heterocycles. The first kappa shape index (κ1) is 9.94. The first-order chi connectivity index (χ1) is 6.38. The van der Waals surface area contributed by atoms with Gasteiger partial charge in [-0.1, -0.05) is 24.3 Å². The molecule has 1 aromatic carbocycles. The summed E-state index contributed by atoms with van der Waals surface area (Å²) in [6.07, 6.45) is 2.60. The molecule has 0 spiro atoms. The van der Waals surface area contributed by atoms with E-state index in [1.807, 2.05) is 30.3 Å². The number of hydrogen-bond acceptors (Lipinski definition) is 2. The van der Waals surface area contributed by atoms with E-state index in [9.17, 15) is 4.57 Å². The Labute approximate surface area is 79.4 Å². The first-order valence-electron chi connectivity index (χ1n) is 3.98. The zero-order valence-electron chi connectivity index (χ0n) is 7.43. The smallest absolute Gasteiger partial charge is 0.183 e. The molecule has 0 fully saturated rings. The van der Waals surface area contributed by atoms with E-state index in [1.165, 1.54) is 0 Å². The molecule has 0 saturated carbocycles. The highest BCUT2D eigenvalue weighted by Crippen LogP contribution is 2.18. The van der Waals surface area contributed by atoms with Crippen molar-refractivity contribution in [1.29, 1.82) is 0 Å². The Bertz CT molecular complexity index is 308. The van der Waals surface area contributed by atoms with Crippen molar-refractivity contribution in [3.8, 4) is 5.75 Å². The predicted octanol–water partition coefficient (Wildman–Crippen LogP) is 3.04. The molecule has 0 aliphatic carbocycles. The summed E-state index contributed by atoms with van der Waals surface area (Å²) < 4.78 is 15.3. The van der Waals surface area contributed by atoms with Crippen LogP contribution in [0.2, 0.25) is 0 Å². The lowest BCUT2D eigenvalue weighted by Crippen LogP contribution is -1.89. The van der Waals surface area contributed by atoms with Crippen molar-refractivity contribution >= 4 is 8.46 Å². The fraction of sp³-hybridized carbons (Fsp3) is 0.200. The summed E-state index contributed by atoms with van der Waals surface area (Å²) in [5.74, 6) is 2.46. The van der Waals surface area contributed by atoms with Gasteiger partial charge in [-0.3, -0.25) is 4.57 Å². The van der Waals surface area contributed by atoms with Gasteiger partial charge in [-0.05, 0) is 18.1 Å². The summed E-state index contributed by atoms with van der Waals surface area (Å²) in [7, 11) is 1.70. The predicted molar refractivity (Wildman–Crippen MR) is 53.4 cm³/mol. The van der Waals surface area contributed by atoms with Crippen LogP contribution >= 0.6 is 8.46 Å². The molecule has 0 radical (unpaired) electrons. The molecule has 1 aromatic rings. The van der Waals surface area contributed by atoms with E-state index >= 15 is 0 Å². The van der Waals surface area contributed by atoms with Crippen LogP contribution in [0, 0.1) is 0 Å². The Morgan fingerprint density at radius 3 is 2.92 bits per heavy atom. The minimum atomic E-state index is 0.0493. The SMILES string of the molecule is COc1ccccc1CC=CP=O. The molecule has 3 heteroatoms. The molecule has 2 nitrogen and oxygen atoms in total. The lowest BCUT2D eigenvalue weighted by atomic mass is 10.1. The normalized spacial score (nSPS) is 10.8. The second kappa shape index (κ2) is 5.50. The number of rotatable bonds is 4. The number of methoxy groups -OCH3 is 1. The van der Waals surface area contributed by atoms with Crippen LogP contribution in [-0.4, -0.2) is 7.11 Å². The first-order valence-corrected chi connectivity index (χ1v) is 4.86. The Hall–Kier alpha value is -1.14. The standard InChI is InChI=1S/C10H11O2P/c1-12-10-7-3-2-5-9(10)6-4-8-13-11/h2-5,7-8H,6H2,1H3. The second-order valence-electron chi connectivity index (χ2n) is 2.51. The molecule has 0 amide bonds. The van der Waals surface area contributed by atoms with Gasteiger partial charge in [0.2, 0.25) is 0 Å². The third kappa shape index (κ3) is 3.00. The van der Waals surface area contributed by atoms with Gasteiger partial charge >= 0.3 is 0 Å². The molecule has 0 atom stereocenters. The Morgan fingerprint density at radius 1 is 1.46 bits per heavy atom. The topological polar surface area (TPSA) is 26.3 Å². The van der Waals surface area contributed by atoms with Crippen LogP contribution in [0.4, 0.5) is 0 Å². The minimum Gasteiger partial charge on any atom is -0.496 e. The third-order valence-corrected chi connectivity index (χ3v) is 2.03. The van der Waals surface area contributed by atoms with Gasteiger partial charge in [0, 0.05) is 5.82 Å². The largest absolute Gasteiger partial charge is 0.496 e. The maximum absolute atomic E-state index is 10.1. The number of hydrogen-bond donors (Lipinski definition) is 0. The molecule has 0 unspecified atom stereocenters. The molecule has 0 heterocycles. The van der Waals surface area contributed by atoms with Crippen LogP contribution in [0.15, 0.2) is 36.2 Å². The number of allylic oxidation sites excluding steroid dienone is 1. The molecule has 0 aromatic heterocycles. The second-order valence-corrected chi connectivity index (χ2v) is 3.02. The van der Waals surface area contributed by atoms with Gasteiger partial charge in [0.1, 0.15) is 5.75 Å². The van der Waals surface area contributed by atoms with Gasteiger partial charge in [-0.25, -0.2) is 0 Å². The van der Waals surface area contributed by atoms with Crippen molar-refractivity contribution in [2.24, 2.45) is 0 Å². The summed E-state index contributed by atoms with van der Waals surface area (Å²) in [6, 6.07) is 7.79. The maximum atomic E-state index is 10.1. The van der Waals surface area contributed by atoms with E-state index in [1.54, 1.807) is 12.9 Å². The number of ether oxygens (including phenoxy) is 1. The van der Waals surface area contributed by atoms with Crippen molar-refractivity contribution in [1.82, 2.24) is 0 Å². The molecular formula is C10H11O2P. The number of para-hydroxylation sites is 1. The summed E-state index contributed by atoms with van der Waals surface area (Å²) in [6.45, 7) is 0. The fourth-order valence-corrected chi connectivity index (χ4v) is 1.29. The van der Waals surface area contributed by atoms with Gasteiger partial charge in [-0.2, -0.15) is 0 Å². The van der Waals surface area contributed by atoms with Gasteiger partial charge in [-0.15, -0.1) is 0 Å². The minimum absolute atomic E-state index is 0.0493. The zero-order valence-corrected chi connectivity index (χ0v) is 8.33. The van der Waals surface area contributed by atoms with E-state index in [0.717, 1.165) is 17.7 Å². The molecule has 0 aliphatic rings. The van der Waals surface area contributed by atoms with Gasteiger partial charge < -0.3 is 4.74 Å². The van der Waals surface area contributed by atoms with Crippen LogP contribution in [0.1, 0.15) is 5.56 Å². The maximum Gasteiger partial charge on any atom is 0.183 e. The van der Waals surface area contributed by atoms with Crippen LogP contribution < -0.4 is 4.74 Å². The van der Waals surface area contributed by atoms with Crippen molar-refractivity contribution in [3.05, 3.63) is 41.7 Å². The quantitative estimate of drug-likeness (QED) is 0.688. The van der Waals surface area contributed by atoms with Crippen LogP contribution in [0.3, 0.4) is 0 Å². The molecular weight excluding hydrogens is 183 g/mol. The van der Waals surface area contributed by atoms with E-state index < -0.39 is 0 Å². The fourth-order valence-electron chi connectivity index (χ4n) is 1.09. The third-order valence-electron chi connectivity index (χ3n) is 1.70. The molecule has 0 bridgehead atoms. The van der Waals surface area contributed by atoms with Crippen molar-refractivity contribution in [2.75, 3.05) is 7.11 Å². The van der Waals surface area contributed by atoms with Crippen molar-refractivity contribution in [3.63, 3.8) is 0 Å². The van der Waals surface area contributed by atoms with Crippen molar-refractivity contribution in [2.45, 2.75) is 6.42 Å². The monoisotopic (exact) mass is 194 g/mol. The van der Waals surface area contributed by atoms with E-state index in [-0.39, 0.29) is 8.46 Å². The Morgan fingerprint density at radius 2 is 2.23 bits per heavy atom. The lowest BCUT2D eigenvalue weighted by Gasteiger charge is -2.04. The Balaban J connectivity index is 2.74. The zero-order chi connectivity index (χ0) is 9.52. The van der Waals surface area contributed by atoms with Crippen molar-refractivity contribution < 1.29 is 9.30 Å².